The van der Waals surface area contributed by atoms with Crippen LogP contribution in [0.3, 0.4) is 0 Å². The summed E-state index contributed by atoms with van der Waals surface area (Å²) < 4.78 is 57.5. The second-order valence-corrected chi connectivity index (χ2v) is 9.47. The molecule has 1 amide bonds. The molecular weight excluding hydrogens is 533 g/mol. The number of carbonyl (C=O) groups excluding carboxylic acids is 1. The quantitative estimate of drug-likeness (QED) is 0.173. The number of nitrogens with one attached hydrogen (secondary N) is 1. The summed E-state index contributed by atoms with van der Waals surface area (Å²) in [5.74, 6) is 2.36. The predicted molar refractivity (Wildman–Crippen MR) is 140 cm³/mol. The molecule has 4 aromatic rings. The van der Waals surface area contributed by atoms with Gasteiger partial charge in [0.2, 0.25) is 11.7 Å². The van der Waals surface area contributed by atoms with Crippen molar-refractivity contribution >= 4 is 17.7 Å². The number of alkyl halides is 3. The Balaban J connectivity index is 1.34. The topological polar surface area (TPSA) is 91.4 Å². The number of hydrogen-bond donors (Lipinski definition) is 1. The van der Waals surface area contributed by atoms with Crippen LogP contribution in [0.5, 0.6) is 11.5 Å². The highest BCUT2D eigenvalue weighted by Gasteiger charge is 2.31. The fourth-order valence-electron chi connectivity index (χ4n) is 3.85. The summed E-state index contributed by atoms with van der Waals surface area (Å²) in [5, 5.41) is 11.6. The number of ether oxygens (including phenoxy) is 2. The van der Waals surface area contributed by atoms with Crippen LogP contribution in [0.2, 0.25) is 0 Å². The average molecular weight is 561 g/mol. The molecule has 1 N–H and O–H groups in total. The molecule has 0 fully saturated rings. The highest BCUT2D eigenvalue weighted by atomic mass is 32.2. The molecular formula is C27H27F3N4O4S. The number of carbonyl (C=O) groups is 1. The Labute approximate surface area is 227 Å². The Bertz CT molecular complexity index is 1390. The van der Waals surface area contributed by atoms with Crippen LogP contribution in [0.1, 0.15) is 24.0 Å². The number of rotatable bonds is 12. The van der Waals surface area contributed by atoms with Crippen molar-refractivity contribution in [3.63, 3.8) is 0 Å². The molecule has 0 saturated carbocycles. The highest BCUT2D eigenvalue weighted by Crippen LogP contribution is 2.33. The molecule has 4 rings (SSSR count). The van der Waals surface area contributed by atoms with Crippen molar-refractivity contribution in [2.45, 2.75) is 30.6 Å². The largest absolute Gasteiger partial charge is 0.493 e. The van der Waals surface area contributed by atoms with E-state index in [1.54, 1.807) is 32.4 Å². The van der Waals surface area contributed by atoms with E-state index in [2.05, 4.69) is 15.5 Å². The molecule has 0 aliphatic carbocycles. The molecule has 8 nitrogen and oxygen atoms in total. The van der Waals surface area contributed by atoms with Gasteiger partial charge in [0.15, 0.2) is 22.4 Å². The van der Waals surface area contributed by atoms with Crippen LogP contribution >= 0.6 is 11.8 Å². The van der Waals surface area contributed by atoms with E-state index in [0.29, 0.717) is 54.0 Å². The first kappa shape index (κ1) is 28.1. The maximum absolute atomic E-state index is 13.3. The fourth-order valence-corrected chi connectivity index (χ4v) is 4.74. The average Bonchev–Trinajstić information content (AvgIpc) is 3.61. The molecule has 2 aromatic heterocycles. The van der Waals surface area contributed by atoms with E-state index in [-0.39, 0.29) is 17.4 Å². The molecule has 0 aliphatic rings. The van der Waals surface area contributed by atoms with E-state index < -0.39 is 11.7 Å². The van der Waals surface area contributed by atoms with Crippen molar-refractivity contribution in [1.29, 1.82) is 0 Å². The van der Waals surface area contributed by atoms with Crippen molar-refractivity contribution in [3.05, 3.63) is 72.0 Å². The van der Waals surface area contributed by atoms with E-state index in [1.807, 2.05) is 18.2 Å². The standard InChI is InChI=1S/C27H27F3N4O4S/c1-36-21-11-10-18(16-23(21)37-2)12-13-31-24(35)9-5-15-39-26-33-32-25(22-8-4-14-38-22)34(26)20-7-3-6-19(17-20)27(28,29)30/h3-4,6-8,10-11,14,16-17H,5,9,12-13,15H2,1-2H3,(H,31,35). The molecule has 0 aliphatic heterocycles. The van der Waals surface area contributed by atoms with Crippen LogP contribution in [0.25, 0.3) is 17.3 Å². The third kappa shape index (κ3) is 7.14. The Kier molecular flexibility index (Phi) is 9.18. The number of benzene rings is 2. The number of amides is 1. The smallest absolute Gasteiger partial charge is 0.416 e. The molecule has 206 valence electrons. The van der Waals surface area contributed by atoms with Gasteiger partial charge < -0.3 is 19.2 Å². The molecule has 2 heterocycles. The molecule has 0 bridgehead atoms. The van der Waals surface area contributed by atoms with Crippen molar-refractivity contribution in [2.75, 3.05) is 26.5 Å². The summed E-state index contributed by atoms with van der Waals surface area (Å²) in [6, 6.07) is 13.9. The van der Waals surface area contributed by atoms with Gasteiger partial charge in [-0.05, 0) is 60.9 Å². The normalized spacial score (nSPS) is 11.4. The van der Waals surface area contributed by atoms with Gasteiger partial charge in [-0.2, -0.15) is 13.2 Å². The number of hydrogen-bond acceptors (Lipinski definition) is 7. The van der Waals surface area contributed by atoms with Crippen LogP contribution in [0.15, 0.2) is 70.4 Å². The first-order valence-corrected chi connectivity index (χ1v) is 13.1. The lowest BCUT2D eigenvalue weighted by Crippen LogP contribution is -2.25. The minimum absolute atomic E-state index is 0.0910. The van der Waals surface area contributed by atoms with Gasteiger partial charge in [-0.1, -0.05) is 23.9 Å². The third-order valence-corrected chi connectivity index (χ3v) is 6.78. The monoisotopic (exact) mass is 560 g/mol. The second kappa shape index (κ2) is 12.7. The molecule has 2 aromatic carbocycles. The molecule has 39 heavy (non-hydrogen) atoms. The Morgan fingerprint density at radius 3 is 2.59 bits per heavy atom. The number of methoxy groups -OCH3 is 2. The number of aromatic nitrogens is 3. The summed E-state index contributed by atoms with van der Waals surface area (Å²) in [6.45, 7) is 0.470. The SMILES string of the molecule is COc1ccc(CCNC(=O)CCCSc2nnc(-c3ccco3)n2-c2cccc(C(F)(F)F)c2)cc1OC. The van der Waals surface area contributed by atoms with Crippen molar-refractivity contribution < 1.29 is 31.9 Å². The van der Waals surface area contributed by atoms with Gasteiger partial charge in [-0.3, -0.25) is 9.36 Å². The van der Waals surface area contributed by atoms with Crippen LogP contribution in [0.4, 0.5) is 13.2 Å². The summed E-state index contributed by atoms with van der Waals surface area (Å²) in [7, 11) is 3.14. The highest BCUT2D eigenvalue weighted by molar-refractivity contribution is 7.99. The number of thioether (sulfide) groups is 1. The number of nitrogens with zero attached hydrogens (tertiary/aromatic N) is 3. The zero-order valence-electron chi connectivity index (χ0n) is 21.3. The van der Waals surface area contributed by atoms with Crippen molar-refractivity contribution in [1.82, 2.24) is 20.1 Å². The fraction of sp³-hybridized carbons (Fsp3) is 0.296. The van der Waals surface area contributed by atoms with Gasteiger partial charge in [-0.25, -0.2) is 0 Å². The number of halogens is 3. The van der Waals surface area contributed by atoms with Gasteiger partial charge in [0.25, 0.3) is 0 Å². The van der Waals surface area contributed by atoms with E-state index in [0.717, 1.165) is 17.7 Å². The molecule has 0 saturated heterocycles. The first-order chi connectivity index (χ1) is 18.8. The molecule has 0 radical (unpaired) electrons. The van der Waals surface area contributed by atoms with E-state index in [4.69, 9.17) is 13.9 Å². The van der Waals surface area contributed by atoms with Gasteiger partial charge in [-0.15, -0.1) is 10.2 Å². The Morgan fingerprint density at radius 1 is 1.05 bits per heavy atom. The van der Waals surface area contributed by atoms with Gasteiger partial charge in [0.1, 0.15) is 0 Å². The second-order valence-electron chi connectivity index (χ2n) is 8.41. The lowest BCUT2D eigenvalue weighted by Gasteiger charge is -2.12. The molecule has 0 spiro atoms. The van der Waals surface area contributed by atoms with Crippen LogP contribution in [0, 0.1) is 0 Å². The van der Waals surface area contributed by atoms with Crippen LogP contribution in [-0.2, 0) is 17.4 Å². The van der Waals surface area contributed by atoms with Crippen LogP contribution < -0.4 is 14.8 Å². The molecule has 0 unspecified atom stereocenters. The third-order valence-electron chi connectivity index (χ3n) is 5.77. The lowest BCUT2D eigenvalue weighted by atomic mass is 10.1. The number of furan rings is 1. The lowest BCUT2D eigenvalue weighted by molar-refractivity contribution is -0.137. The zero-order valence-corrected chi connectivity index (χ0v) is 22.1. The molecule has 12 heteroatoms. The van der Waals surface area contributed by atoms with Crippen molar-refractivity contribution in [2.24, 2.45) is 0 Å². The Morgan fingerprint density at radius 2 is 1.87 bits per heavy atom. The summed E-state index contributed by atoms with van der Waals surface area (Å²) in [4.78, 5) is 12.3. The Hall–Kier alpha value is -3.93. The van der Waals surface area contributed by atoms with Gasteiger partial charge in [0.05, 0.1) is 31.7 Å². The zero-order chi connectivity index (χ0) is 27.8. The minimum Gasteiger partial charge on any atom is -0.493 e. The van der Waals surface area contributed by atoms with E-state index in [9.17, 15) is 18.0 Å². The van der Waals surface area contributed by atoms with Gasteiger partial charge in [0, 0.05) is 18.7 Å². The van der Waals surface area contributed by atoms with E-state index in [1.165, 1.54) is 28.7 Å². The minimum atomic E-state index is -4.49. The summed E-state index contributed by atoms with van der Waals surface area (Å²) >= 11 is 1.30. The van der Waals surface area contributed by atoms with E-state index >= 15 is 0 Å². The summed E-state index contributed by atoms with van der Waals surface area (Å²) in [6.07, 6.45) is -1.57. The first-order valence-electron chi connectivity index (χ1n) is 12.1. The summed E-state index contributed by atoms with van der Waals surface area (Å²) in [5.41, 5.74) is 0.487. The predicted octanol–water partition coefficient (Wildman–Crippen LogP) is 5.79. The maximum Gasteiger partial charge on any atom is 0.416 e. The maximum atomic E-state index is 13.3. The molecule has 0 atom stereocenters. The van der Waals surface area contributed by atoms with Crippen molar-refractivity contribution in [3.8, 4) is 28.8 Å². The van der Waals surface area contributed by atoms with Gasteiger partial charge >= 0.3 is 6.18 Å². The van der Waals surface area contributed by atoms with Crippen LogP contribution in [-0.4, -0.2) is 47.2 Å².